The van der Waals surface area contributed by atoms with E-state index in [1.54, 1.807) is 6.92 Å². The van der Waals surface area contributed by atoms with Crippen molar-refractivity contribution in [3.63, 3.8) is 0 Å². The van der Waals surface area contributed by atoms with Gasteiger partial charge in [0.25, 0.3) is 5.91 Å². The standard InChI is InChI=1S/C15H13Br2FN2O/c1-7-3-10(16)14(11(17)4-7)20-15(21)9-5-12(18)8(2)13(19)6-9/h3-6H,19H2,1-2H3,(H,20,21). The van der Waals surface area contributed by atoms with Crippen LogP contribution >= 0.6 is 31.9 Å². The van der Waals surface area contributed by atoms with Crippen LogP contribution in [0, 0.1) is 19.7 Å². The Bertz CT molecular complexity index is 686. The molecule has 0 fully saturated rings. The van der Waals surface area contributed by atoms with Gasteiger partial charge >= 0.3 is 0 Å². The van der Waals surface area contributed by atoms with E-state index in [0.29, 0.717) is 11.3 Å². The number of halogens is 3. The van der Waals surface area contributed by atoms with Crippen LogP contribution in [-0.4, -0.2) is 5.91 Å². The van der Waals surface area contributed by atoms with Gasteiger partial charge in [0.15, 0.2) is 0 Å². The Labute approximate surface area is 139 Å². The van der Waals surface area contributed by atoms with Crippen molar-refractivity contribution < 1.29 is 9.18 Å². The van der Waals surface area contributed by atoms with Crippen molar-refractivity contribution in [1.82, 2.24) is 0 Å². The highest BCUT2D eigenvalue weighted by Gasteiger charge is 2.14. The molecule has 21 heavy (non-hydrogen) atoms. The molecule has 0 spiro atoms. The Morgan fingerprint density at radius 2 is 1.71 bits per heavy atom. The highest BCUT2D eigenvalue weighted by Crippen LogP contribution is 2.32. The van der Waals surface area contributed by atoms with Crippen molar-refractivity contribution in [2.45, 2.75) is 13.8 Å². The number of rotatable bonds is 2. The van der Waals surface area contributed by atoms with E-state index in [0.717, 1.165) is 14.5 Å². The van der Waals surface area contributed by atoms with Crippen LogP contribution in [0.25, 0.3) is 0 Å². The number of carbonyl (C=O) groups excluding carboxylic acids is 1. The zero-order chi connectivity index (χ0) is 15.7. The summed E-state index contributed by atoms with van der Waals surface area (Å²) in [6.07, 6.45) is 0. The Morgan fingerprint density at radius 1 is 1.14 bits per heavy atom. The molecule has 0 saturated carbocycles. The van der Waals surface area contributed by atoms with E-state index in [2.05, 4.69) is 37.2 Å². The molecule has 2 rings (SSSR count). The maximum absolute atomic E-state index is 13.7. The molecule has 110 valence electrons. The summed E-state index contributed by atoms with van der Waals surface area (Å²) in [6.45, 7) is 3.51. The number of nitrogens with one attached hydrogen (secondary N) is 1. The molecule has 0 unspecified atom stereocenters. The molecule has 6 heteroatoms. The predicted octanol–water partition coefficient (Wildman–Crippen LogP) is 4.80. The maximum atomic E-state index is 13.7. The summed E-state index contributed by atoms with van der Waals surface area (Å²) < 4.78 is 15.2. The number of hydrogen-bond acceptors (Lipinski definition) is 2. The Hall–Kier alpha value is -1.40. The summed E-state index contributed by atoms with van der Waals surface area (Å²) in [5, 5.41) is 2.74. The first-order chi connectivity index (χ1) is 9.79. The van der Waals surface area contributed by atoms with Crippen LogP contribution in [0.5, 0.6) is 0 Å². The van der Waals surface area contributed by atoms with Crippen LogP contribution in [0.4, 0.5) is 15.8 Å². The topological polar surface area (TPSA) is 55.1 Å². The van der Waals surface area contributed by atoms with Gasteiger partial charge in [-0.3, -0.25) is 4.79 Å². The molecular weight excluding hydrogens is 403 g/mol. The van der Waals surface area contributed by atoms with Gasteiger partial charge in [-0.05, 0) is 75.5 Å². The van der Waals surface area contributed by atoms with Crippen LogP contribution in [0.2, 0.25) is 0 Å². The highest BCUT2D eigenvalue weighted by molar-refractivity contribution is 9.11. The van der Waals surface area contributed by atoms with Crippen LogP contribution in [-0.2, 0) is 0 Å². The second-order valence-corrected chi connectivity index (χ2v) is 6.44. The molecule has 0 aliphatic heterocycles. The maximum Gasteiger partial charge on any atom is 0.255 e. The molecule has 0 saturated heterocycles. The third-order valence-electron chi connectivity index (χ3n) is 3.07. The van der Waals surface area contributed by atoms with Crippen LogP contribution in [0.3, 0.4) is 0 Å². The molecule has 2 aromatic rings. The summed E-state index contributed by atoms with van der Waals surface area (Å²) in [4.78, 5) is 12.2. The van der Waals surface area contributed by atoms with Crippen molar-refractivity contribution in [3.8, 4) is 0 Å². The van der Waals surface area contributed by atoms with Gasteiger partial charge in [-0.25, -0.2) is 4.39 Å². The van der Waals surface area contributed by atoms with E-state index in [4.69, 9.17) is 5.73 Å². The molecule has 3 nitrogen and oxygen atoms in total. The minimum atomic E-state index is -0.498. The van der Waals surface area contributed by atoms with Gasteiger partial charge in [0.05, 0.1) is 5.69 Å². The van der Waals surface area contributed by atoms with Gasteiger partial charge < -0.3 is 11.1 Å². The molecule has 0 atom stereocenters. The summed E-state index contributed by atoms with van der Waals surface area (Å²) in [6, 6.07) is 6.40. The summed E-state index contributed by atoms with van der Waals surface area (Å²) in [5.74, 6) is -0.923. The van der Waals surface area contributed by atoms with Crippen molar-refractivity contribution in [2.24, 2.45) is 0 Å². The zero-order valence-electron chi connectivity index (χ0n) is 11.4. The van der Waals surface area contributed by atoms with Crippen molar-refractivity contribution in [3.05, 3.63) is 55.7 Å². The normalized spacial score (nSPS) is 10.5. The Balaban J connectivity index is 2.35. The lowest BCUT2D eigenvalue weighted by molar-refractivity contribution is 0.102. The second kappa shape index (κ2) is 6.15. The molecule has 0 radical (unpaired) electrons. The van der Waals surface area contributed by atoms with Crippen molar-refractivity contribution >= 4 is 49.1 Å². The van der Waals surface area contributed by atoms with E-state index in [1.165, 1.54) is 12.1 Å². The predicted molar refractivity (Wildman–Crippen MR) is 90.1 cm³/mol. The first-order valence-corrected chi connectivity index (χ1v) is 7.71. The lowest BCUT2D eigenvalue weighted by atomic mass is 10.1. The smallest absolute Gasteiger partial charge is 0.255 e. The van der Waals surface area contributed by atoms with Crippen LogP contribution < -0.4 is 11.1 Å². The lowest BCUT2D eigenvalue weighted by Crippen LogP contribution is -2.14. The van der Waals surface area contributed by atoms with Gasteiger partial charge in [0.2, 0.25) is 0 Å². The van der Waals surface area contributed by atoms with Gasteiger partial charge in [0, 0.05) is 25.8 Å². The Morgan fingerprint density at radius 3 is 2.24 bits per heavy atom. The largest absolute Gasteiger partial charge is 0.398 e. The number of nitrogen functional groups attached to an aromatic ring is 1. The van der Waals surface area contributed by atoms with E-state index >= 15 is 0 Å². The zero-order valence-corrected chi connectivity index (χ0v) is 14.6. The van der Waals surface area contributed by atoms with Gasteiger partial charge in [-0.1, -0.05) is 0 Å². The molecular formula is C15H13Br2FN2O. The fourth-order valence-electron chi connectivity index (χ4n) is 1.84. The summed E-state index contributed by atoms with van der Waals surface area (Å²) in [5.41, 5.74) is 8.09. The molecule has 0 bridgehead atoms. The third-order valence-corrected chi connectivity index (χ3v) is 4.32. The fraction of sp³-hybridized carbons (Fsp3) is 0.133. The number of carbonyl (C=O) groups is 1. The SMILES string of the molecule is Cc1cc(Br)c(NC(=O)c2cc(N)c(C)c(F)c2)c(Br)c1. The molecule has 0 aliphatic rings. The van der Waals surface area contributed by atoms with E-state index in [9.17, 15) is 9.18 Å². The fourth-order valence-corrected chi connectivity index (χ4v) is 3.45. The molecule has 0 heterocycles. The minimum absolute atomic E-state index is 0.176. The van der Waals surface area contributed by atoms with Gasteiger partial charge in [-0.15, -0.1) is 0 Å². The van der Waals surface area contributed by atoms with Crippen LogP contribution in [0.15, 0.2) is 33.2 Å². The number of aryl methyl sites for hydroxylation is 1. The Kier molecular flexibility index (Phi) is 4.68. The van der Waals surface area contributed by atoms with Crippen molar-refractivity contribution in [2.75, 3.05) is 11.1 Å². The average molecular weight is 416 g/mol. The van der Waals surface area contributed by atoms with E-state index < -0.39 is 11.7 Å². The number of benzene rings is 2. The summed E-state index contributed by atoms with van der Waals surface area (Å²) in [7, 11) is 0. The number of amides is 1. The molecule has 2 aromatic carbocycles. The molecule has 0 aliphatic carbocycles. The first-order valence-electron chi connectivity index (χ1n) is 6.12. The number of anilines is 2. The molecule has 0 aromatic heterocycles. The second-order valence-electron chi connectivity index (χ2n) is 4.73. The van der Waals surface area contributed by atoms with Gasteiger partial charge in [-0.2, -0.15) is 0 Å². The lowest BCUT2D eigenvalue weighted by Gasteiger charge is -2.12. The van der Waals surface area contributed by atoms with Gasteiger partial charge in [0.1, 0.15) is 5.82 Å². The van der Waals surface area contributed by atoms with Crippen molar-refractivity contribution in [1.29, 1.82) is 0 Å². The molecule has 1 amide bonds. The number of nitrogens with two attached hydrogens (primary N) is 1. The highest BCUT2D eigenvalue weighted by atomic mass is 79.9. The first kappa shape index (κ1) is 16.0. The van der Waals surface area contributed by atoms with E-state index in [1.807, 2.05) is 19.1 Å². The quantitative estimate of drug-likeness (QED) is 0.692. The summed E-state index contributed by atoms with van der Waals surface area (Å²) >= 11 is 6.79. The monoisotopic (exact) mass is 414 g/mol. The van der Waals surface area contributed by atoms with E-state index in [-0.39, 0.29) is 11.3 Å². The average Bonchev–Trinajstić information content (AvgIpc) is 2.39. The van der Waals surface area contributed by atoms with Crippen LogP contribution in [0.1, 0.15) is 21.5 Å². The molecule has 3 N–H and O–H groups in total. The third kappa shape index (κ3) is 3.44. The minimum Gasteiger partial charge on any atom is -0.398 e. The number of hydrogen-bond donors (Lipinski definition) is 2.